The van der Waals surface area contributed by atoms with Gasteiger partial charge in [-0.2, -0.15) is 0 Å². The molecule has 20 heavy (non-hydrogen) atoms. The predicted molar refractivity (Wildman–Crippen MR) is 87.3 cm³/mol. The summed E-state index contributed by atoms with van der Waals surface area (Å²) < 4.78 is 5.72. The van der Waals surface area contributed by atoms with Crippen molar-refractivity contribution in [2.45, 2.75) is 64.7 Å². The molecule has 0 fully saturated rings. The highest BCUT2D eigenvalue weighted by molar-refractivity contribution is 5.27. The fourth-order valence-electron chi connectivity index (χ4n) is 2.30. The summed E-state index contributed by atoms with van der Waals surface area (Å²) in [5, 5.41) is 0. The van der Waals surface area contributed by atoms with Crippen LogP contribution in [0.5, 0.6) is 5.75 Å². The molecular weight excluding hydrogens is 246 g/mol. The van der Waals surface area contributed by atoms with Gasteiger partial charge in [-0.3, -0.25) is 0 Å². The molecule has 0 heterocycles. The minimum absolute atomic E-state index is 0.785. The SMILES string of the molecule is CCCCCCCc1ccc(OCCCCCN)cc1. The van der Waals surface area contributed by atoms with Crippen molar-refractivity contribution in [2.75, 3.05) is 13.2 Å². The van der Waals surface area contributed by atoms with Crippen molar-refractivity contribution in [1.82, 2.24) is 0 Å². The summed E-state index contributed by atoms with van der Waals surface area (Å²) in [5.41, 5.74) is 6.89. The van der Waals surface area contributed by atoms with E-state index in [1.807, 2.05) is 0 Å². The number of hydrogen-bond acceptors (Lipinski definition) is 2. The summed E-state index contributed by atoms with van der Waals surface area (Å²) in [6.45, 7) is 3.85. The van der Waals surface area contributed by atoms with Crippen LogP contribution in [0.1, 0.15) is 63.9 Å². The lowest BCUT2D eigenvalue weighted by atomic mass is 10.1. The van der Waals surface area contributed by atoms with E-state index >= 15 is 0 Å². The molecule has 2 N–H and O–H groups in total. The molecule has 0 aromatic heterocycles. The van der Waals surface area contributed by atoms with Crippen LogP contribution in [0.2, 0.25) is 0 Å². The minimum Gasteiger partial charge on any atom is -0.494 e. The summed E-state index contributed by atoms with van der Waals surface area (Å²) in [7, 11) is 0. The van der Waals surface area contributed by atoms with Gasteiger partial charge in [0, 0.05) is 0 Å². The average molecular weight is 277 g/mol. The van der Waals surface area contributed by atoms with Crippen LogP contribution in [0.3, 0.4) is 0 Å². The van der Waals surface area contributed by atoms with Crippen LogP contribution in [-0.4, -0.2) is 13.2 Å². The van der Waals surface area contributed by atoms with Crippen molar-refractivity contribution in [1.29, 1.82) is 0 Å². The Morgan fingerprint density at radius 1 is 0.850 bits per heavy atom. The third-order valence-corrected chi connectivity index (χ3v) is 3.61. The molecule has 114 valence electrons. The van der Waals surface area contributed by atoms with E-state index in [0.29, 0.717) is 0 Å². The van der Waals surface area contributed by atoms with Crippen molar-refractivity contribution in [3.8, 4) is 5.75 Å². The molecule has 0 aliphatic carbocycles. The summed E-state index contributed by atoms with van der Waals surface area (Å²) in [5.74, 6) is 0.993. The number of ether oxygens (including phenoxy) is 1. The first-order chi connectivity index (χ1) is 9.86. The number of hydrogen-bond donors (Lipinski definition) is 1. The molecule has 0 unspecified atom stereocenters. The van der Waals surface area contributed by atoms with E-state index in [0.717, 1.165) is 38.2 Å². The molecular formula is C18H31NO. The first-order valence-corrected chi connectivity index (χ1v) is 8.28. The molecule has 1 aromatic rings. The van der Waals surface area contributed by atoms with Crippen LogP contribution < -0.4 is 10.5 Å². The molecule has 0 spiro atoms. The number of unbranched alkanes of at least 4 members (excludes halogenated alkanes) is 6. The second-order valence-corrected chi connectivity index (χ2v) is 5.51. The van der Waals surface area contributed by atoms with Crippen molar-refractivity contribution < 1.29 is 4.74 Å². The Labute approximate surface area is 124 Å². The first-order valence-electron chi connectivity index (χ1n) is 8.28. The van der Waals surface area contributed by atoms with Gasteiger partial charge in [-0.05, 0) is 56.3 Å². The molecule has 2 heteroatoms. The maximum absolute atomic E-state index is 5.72. The zero-order chi connectivity index (χ0) is 14.5. The molecule has 2 nitrogen and oxygen atoms in total. The van der Waals surface area contributed by atoms with Gasteiger partial charge in [0.25, 0.3) is 0 Å². The lowest BCUT2D eigenvalue weighted by molar-refractivity contribution is 0.305. The fraction of sp³-hybridized carbons (Fsp3) is 0.667. The summed E-state index contributed by atoms with van der Waals surface area (Å²) in [6.07, 6.45) is 11.3. The summed E-state index contributed by atoms with van der Waals surface area (Å²) >= 11 is 0. The highest BCUT2D eigenvalue weighted by atomic mass is 16.5. The van der Waals surface area contributed by atoms with Crippen molar-refractivity contribution >= 4 is 0 Å². The van der Waals surface area contributed by atoms with Gasteiger partial charge >= 0.3 is 0 Å². The smallest absolute Gasteiger partial charge is 0.119 e. The molecule has 1 aromatic carbocycles. The number of rotatable bonds is 12. The minimum atomic E-state index is 0.785. The molecule has 0 aliphatic heterocycles. The first kappa shape index (κ1) is 17.0. The van der Waals surface area contributed by atoms with Crippen LogP contribution in [0.15, 0.2) is 24.3 Å². The standard InChI is InChI=1S/C18H31NO/c1-2-3-4-5-7-10-17-11-13-18(14-12-17)20-16-9-6-8-15-19/h11-14H,2-10,15-16,19H2,1H3. The van der Waals surface area contributed by atoms with Crippen molar-refractivity contribution in [3.63, 3.8) is 0 Å². The zero-order valence-corrected chi connectivity index (χ0v) is 13.1. The van der Waals surface area contributed by atoms with E-state index in [-0.39, 0.29) is 0 Å². The summed E-state index contributed by atoms with van der Waals surface area (Å²) in [4.78, 5) is 0. The lowest BCUT2D eigenvalue weighted by Gasteiger charge is -2.07. The highest BCUT2D eigenvalue weighted by Crippen LogP contribution is 2.15. The Bertz CT molecular complexity index is 288. The molecule has 1 rings (SSSR count). The van der Waals surface area contributed by atoms with Gasteiger partial charge in [0.2, 0.25) is 0 Å². The lowest BCUT2D eigenvalue weighted by Crippen LogP contribution is -2.01. The molecule has 0 atom stereocenters. The molecule has 0 radical (unpaired) electrons. The second-order valence-electron chi connectivity index (χ2n) is 5.51. The van der Waals surface area contributed by atoms with E-state index in [2.05, 4.69) is 31.2 Å². The predicted octanol–water partition coefficient (Wildman–Crippen LogP) is 4.71. The Kier molecular flexibility index (Phi) is 10.0. The van der Waals surface area contributed by atoms with E-state index in [9.17, 15) is 0 Å². The third kappa shape index (κ3) is 8.21. The average Bonchev–Trinajstić information content (AvgIpc) is 2.48. The van der Waals surface area contributed by atoms with E-state index in [1.54, 1.807) is 0 Å². The van der Waals surface area contributed by atoms with Crippen LogP contribution in [0.25, 0.3) is 0 Å². The molecule has 0 saturated heterocycles. The van der Waals surface area contributed by atoms with Gasteiger partial charge < -0.3 is 10.5 Å². The Hall–Kier alpha value is -1.02. The second kappa shape index (κ2) is 11.8. The van der Waals surface area contributed by atoms with E-state index in [1.165, 1.54) is 44.1 Å². The van der Waals surface area contributed by atoms with Crippen molar-refractivity contribution in [3.05, 3.63) is 29.8 Å². The summed E-state index contributed by atoms with van der Waals surface area (Å²) in [6, 6.07) is 8.61. The number of aryl methyl sites for hydroxylation is 1. The van der Waals surface area contributed by atoms with Gasteiger partial charge in [-0.15, -0.1) is 0 Å². The molecule has 0 aliphatic rings. The maximum Gasteiger partial charge on any atom is 0.119 e. The number of benzene rings is 1. The zero-order valence-electron chi connectivity index (χ0n) is 13.1. The van der Waals surface area contributed by atoms with Gasteiger partial charge in [0.1, 0.15) is 5.75 Å². The topological polar surface area (TPSA) is 35.2 Å². The van der Waals surface area contributed by atoms with Crippen LogP contribution in [0.4, 0.5) is 0 Å². The van der Waals surface area contributed by atoms with Crippen molar-refractivity contribution in [2.24, 2.45) is 5.73 Å². The van der Waals surface area contributed by atoms with E-state index < -0.39 is 0 Å². The fourth-order valence-corrected chi connectivity index (χ4v) is 2.30. The molecule has 0 saturated carbocycles. The van der Waals surface area contributed by atoms with Gasteiger partial charge in [0.15, 0.2) is 0 Å². The highest BCUT2D eigenvalue weighted by Gasteiger charge is 1.97. The Morgan fingerprint density at radius 2 is 1.55 bits per heavy atom. The third-order valence-electron chi connectivity index (χ3n) is 3.61. The monoisotopic (exact) mass is 277 g/mol. The quantitative estimate of drug-likeness (QED) is 0.562. The maximum atomic E-state index is 5.72. The van der Waals surface area contributed by atoms with Crippen LogP contribution in [-0.2, 0) is 6.42 Å². The largest absolute Gasteiger partial charge is 0.494 e. The van der Waals surface area contributed by atoms with Gasteiger partial charge in [-0.1, -0.05) is 44.7 Å². The van der Waals surface area contributed by atoms with Gasteiger partial charge in [-0.25, -0.2) is 0 Å². The molecule has 0 bridgehead atoms. The molecule has 0 amide bonds. The van der Waals surface area contributed by atoms with Crippen LogP contribution in [0, 0.1) is 0 Å². The Morgan fingerprint density at radius 3 is 2.25 bits per heavy atom. The Balaban J connectivity index is 2.13. The normalized spacial score (nSPS) is 10.7. The van der Waals surface area contributed by atoms with E-state index in [4.69, 9.17) is 10.5 Å². The van der Waals surface area contributed by atoms with Gasteiger partial charge in [0.05, 0.1) is 6.61 Å². The van der Waals surface area contributed by atoms with Crippen LogP contribution >= 0.6 is 0 Å². The number of nitrogens with two attached hydrogens (primary N) is 1.